The van der Waals surface area contributed by atoms with Crippen LogP contribution in [-0.4, -0.2) is 36.2 Å². The van der Waals surface area contributed by atoms with E-state index in [4.69, 9.17) is 14.2 Å². The Morgan fingerprint density at radius 2 is 1.74 bits per heavy atom. The molecular weight excluding hydrogens is 442 g/mol. The first-order chi connectivity index (χ1) is 16.4. The van der Waals surface area contributed by atoms with Gasteiger partial charge in [-0.1, -0.05) is 18.2 Å². The van der Waals surface area contributed by atoms with Crippen molar-refractivity contribution in [3.05, 3.63) is 94.0 Å². The molecule has 0 fully saturated rings. The fraction of sp³-hybridized carbons (Fsp3) is 0.125. The van der Waals surface area contributed by atoms with Crippen LogP contribution in [0.15, 0.2) is 77.9 Å². The van der Waals surface area contributed by atoms with Gasteiger partial charge < -0.3 is 14.2 Å². The van der Waals surface area contributed by atoms with Crippen LogP contribution in [0.3, 0.4) is 0 Å². The molecular formula is C24H21N3O7. The average molecular weight is 463 g/mol. The summed E-state index contributed by atoms with van der Waals surface area (Å²) in [4.78, 5) is 34.6. The zero-order valence-corrected chi connectivity index (χ0v) is 18.3. The Kier molecular flexibility index (Phi) is 7.90. The number of nitrogens with zero attached hydrogens (tertiary/aromatic N) is 2. The van der Waals surface area contributed by atoms with Crippen LogP contribution in [0, 0.1) is 10.1 Å². The van der Waals surface area contributed by atoms with Gasteiger partial charge >= 0.3 is 5.97 Å². The highest BCUT2D eigenvalue weighted by atomic mass is 16.6. The van der Waals surface area contributed by atoms with E-state index in [-0.39, 0.29) is 11.4 Å². The van der Waals surface area contributed by atoms with E-state index >= 15 is 0 Å². The van der Waals surface area contributed by atoms with Gasteiger partial charge in [-0.05, 0) is 55.0 Å². The van der Waals surface area contributed by atoms with Crippen LogP contribution in [0.5, 0.6) is 17.2 Å². The molecule has 0 heterocycles. The summed E-state index contributed by atoms with van der Waals surface area (Å²) in [7, 11) is 1.44. The Morgan fingerprint density at radius 1 is 1.03 bits per heavy atom. The molecule has 3 aromatic rings. The molecule has 0 spiro atoms. The number of benzene rings is 3. The molecule has 1 amide bonds. The van der Waals surface area contributed by atoms with Crippen LogP contribution in [0.2, 0.25) is 0 Å². The van der Waals surface area contributed by atoms with Crippen LogP contribution < -0.4 is 19.6 Å². The van der Waals surface area contributed by atoms with Crippen LogP contribution in [0.25, 0.3) is 0 Å². The highest BCUT2D eigenvalue weighted by Gasteiger charge is 2.15. The predicted molar refractivity (Wildman–Crippen MR) is 123 cm³/mol. The maximum atomic E-state index is 12.3. The Hall–Kier alpha value is -4.73. The Balaban J connectivity index is 1.57. The highest BCUT2D eigenvalue weighted by molar-refractivity contribution is 5.91. The Bertz CT molecular complexity index is 1190. The van der Waals surface area contributed by atoms with Crippen molar-refractivity contribution < 1.29 is 28.7 Å². The van der Waals surface area contributed by atoms with Gasteiger partial charge in [0, 0.05) is 12.1 Å². The smallest absolute Gasteiger partial charge is 0.343 e. The van der Waals surface area contributed by atoms with E-state index in [0.717, 1.165) is 0 Å². The molecule has 1 atom stereocenters. The average Bonchev–Trinajstić information content (AvgIpc) is 2.85. The number of methoxy groups -OCH3 is 1. The fourth-order valence-electron chi connectivity index (χ4n) is 2.75. The van der Waals surface area contributed by atoms with E-state index in [0.29, 0.717) is 22.6 Å². The van der Waals surface area contributed by atoms with Crippen molar-refractivity contribution >= 4 is 23.8 Å². The first kappa shape index (κ1) is 23.9. The first-order valence-corrected chi connectivity index (χ1v) is 10.1. The Morgan fingerprint density at radius 3 is 2.38 bits per heavy atom. The predicted octanol–water partition coefficient (Wildman–Crippen LogP) is 3.74. The molecule has 10 nitrogen and oxygen atoms in total. The third kappa shape index (κ3) is 6.39. The summed E-state index contributed by atoms with van der Waals surface area (Å²) < 4.78 is 16.1. The van der Waals surface area contributed by atoms with Crippen molar-refractivity contribution in [2.75, 3.05) is 7.11 Å². The van der Waals surface area contributed by atoms with E-state index in [1.807, 2.05) is 0 Å². The van der Waals surface area contributed by atoms with Gasteiger partial charge in [0.15, 0.2) is 17.6 Å². The second-order valence-corrected chi connectivity index (χ2v) is 6.91. The van der Waals surface area contributed by atoms with Crippen molar-refractivity contribution in [1.29, 1.82) is 0 Å². The summed E-state index contributed by atoms with van der Waals surface area (Å²) in [5.74, 6) is -0.177. The van der Waals surface area contributed by atoms with Crippen molar-refractivity contribution in [3.63, 3.8) is 0 Å². The number of hydrazone groups is 1. The van der Waals surface area contributed by atoms with E-state index in [2.05, 4.69) is 10.5 Å². The molecule has 34 heavy (non-hydrogen) atoms. The molecule has 0 aliphatic rings. The number of hydrogen-bond donors (Lipinski definition) is 1. The number of carbonyl (C=O) groups excluding carboxylic acids is 2. The maximum absolute atomic E-state index is 12.3. The van der Waals surface area contributed by atoms with Crippen LogP contribution in [0.4, 0.5) is 5.69 Å². The monoisotopic (exact) mass is 463 g/mol. The van der Waals surface area contributed by atoms with E-state index in [1.165, 1.54) is 44.5 Å². The second kappa shape index (κ2) is 11.2. The molecule has 0 saturated heterocycles. The SMILES string of the molecule is COc1cc(/C=N\NC(=O)[C@H](C)Oc2ccc([N+](=O)[O-])cc2)ccc1OC(=O)c1ccccc1. The molecule has 0 aromatic heterocycles. The van der Waals surface area contributed by atoms with Crippen molar-refractivity contribution in [2.45, 2.75) is 13.0 Å². The number of amides is 1. The quantitative estimate of drug-likeness (QED) is 0.168. The van der Waals surface area contributed by atoms with Crippen LogP contribution >= 0.6 is 0 Å². The zero-order chi connectivity index (χ0) is 24.5. The number of nitrogens with one attached hydrogen (secondary N) is 1. The number of ether oxygens (including phenoxy) is 3. The molecule has 1 N–H and O–H groups in total. The molecule has 10 heteroatoms. The summed E-state index contributed by atoms with van der Waals surface area (Å²) >= 11 is 0. The maximum Gasteiger partial charge on any atom is 0.343 e. The summed E-state index contributed by atoms with van der Waals surface area (Å²) in [6.45, 7) is 1.52. The summed E-state index contributed by atoms with van der Waals surface area (Å²) in [5.41, 5.74) is 3.27. The minimum absolute atomic E-state index is 0.0784. The van der Waals surface area contributed by atoms with Crippen molar-refractivity contribution in [2.24, 2.45) is 5.10 Å². The third-order valence-electron chi connectivity index (χ3n) is 4.52. The van der Waals surface area contributed by atoms with Gasteiger partial charge in [0.05, 0.1) is 23.8 Å². The summed E-state index contributed by atoms with van der Waals surface area (Å²) in [6, 6.07) is 18.7. The lowest BCUT2D eigenvalue weighted by Gasteiger charge is -2.12. The molecule has 0 aliphatic carbocycles. The number of hydrogen-bond acceptors (Lipinski definition) is 8. The Labute approximate surface area is 194 Å². The molecule has 0 radical (unpaired) electrons. The standard InChI is InChI=1S/C24H21N3O7/c1-16(33-20-11-9-19(10-12-20)27(30)31)23(28)26-25-15-17-8-13-21(22(14-17)32-2)34-24(29)18-6-4-3-5-7-18/h3-16H,1-2H3,(H,26,28)/b25-15-/t16-/m0/s1. The van der Waals surface area contributed by atoms with Gasteiger partial charge in [0.25, 0.3) is 11.6 Å². The molecule has 0 aliphatic heterocycles. The molecule has 0 unspecified atom stereocenters. The molecule has 3 rings (SSSR count). The lowest BCUT2D eigenvalue weighted by atomic mass is 10.2. The summed E-state index contributed by atoms with van der Waals surface area (Å²) in [5, 5.41) is 14.6. The van der Waals surface area contributed by atoms with Gasteiger partial charge in [0.2, 0.25) is 0 Å². The fourth-order valence-corrected chi connectivity index (χ4v) is 2.75. The van der Waals surface area contributed by atoms with Crippen LogP contribution in [0.1, 0.15) is 22.8 Å². The highest BCUT2D eigenvalue weighted by Crippen LogP contribution is 2.28. The van der Waals surface area contributed by atoms with Gasteiger partial charge in [0.1, 0.15) is 5.75 Å². The largest absolute Gasteiger partial charge is 0.493 e. The normalized spacial score (nSPS) is 11.5. The van der Waals surface area contributed by atoms with Gasteiger partial charge in [-0.25, -0.2) is 10.2 Å². The lowest BCUT2D eigenvalue weighted by Crippen LogP contribution is -2.33. The zero-order valence-electron chi connectivity index (χ0n) is 18.3. The number of non-ortho nitro benzene ring substituents is 1. The topological polar surface area (TPSA) is 129 Å². The third-order valence-corrected chi connectivity index (χ3v) is 4.52. The van der Waals surface area contributed by atoms with Crippen molar-refractivity contribution in [1.82, 2.24) is 5.43 Å². The summed E-state index contributed by atoms with van der Waals surface area (Å²) in [6.07, 6.45) is 0.495. The minimum Gasteiger partial charge on any atom is -0.493 e. The minimum atomic E-state index is -0.895. The van der Waals surface area contributed by atoms with Gasteiger partial charge in [-0.2, -0.15) is 5.10 Å². The number of nitro groups is 1. The van der Waals surface area contributed by atoms with Gasteiger partial charge in [-0.15, -0.1) is 0 Å². The molecule has 0 saturated carbocycles. The number of esters is 1. The number of rotatable bonds is 9. The second-order valence-electron chi connectivity index (χ2n) is 6.91. The van der Waals surface area contributed by atoms with Crippen molar-refractivity contribution in [3.8, 4) is 17.2 Å². The molecule has 0 bridgehead atoms. The van der Waals surface area contributed by atoms with Crippen LogP contribution in [-0.2, 0) is 4.79 Å². The van der Waals surface area contributed by atoms with E-state index in [9.17, 15) is 19.7 Å². The van der Waals surface area contributed by atoms with E-state index < -0.39 is 22.9 Å². The van der Waals surface area contributed by atoms with E-state index in [1.54, 1.807) is 48.5 Å². The number of nitro benzene ring substituents is 1. The van der Waals surface area contributed by atoms with Gasteiger partial charge in [-0.3, -0.25) is 14.9 Å². The molecule has 3 aromatic carbocycles. The first-order valence-electron chi connectivity index (χ1n) is 10.1. The lowest BCUT2D eigenvalue weighted by molar-refractivity contribution is -0.384. The molecule has 174 valence electrons. The number of carbonyl (C=O) groups is 2.